The number of hydrogen-bond acceptors (Lipinski definition) is 5. The Morgan fingerprint density at radius 1 is 1.32 bits per heavy atom. The van der Waals surface area contributed by atoms with Gasteiger partial charge in [0.15, 0.2) is 5.82 Å². The molecule has 0 aliphatic carbocycles. The van der Waals surface area contributed by atoms with Crippen molar-refractivity contribution in [3.63, 3.8) is 0 Å². The van der Waals surface area contributed by atoms with Gasteiger partial charge in [-0.25, -0.2) is 9.97 Å². The third-order valence-electron chi connectivity index (χ3n) is 4.58. The lowest BCUT2D eigenvalue weighted by Crippen LogP contribution is -2.24. The standard InChI is InChI=1S/C18H20N4OS.ClH/c1-12-4-2-3-5-15(12)18-21-10-16(24-18)17-19-6-7-22(17)14-8-13(11-23)20-9-14;/h2-7,10,13-14,20,23H,8-9,11H2,1H3;1H/t13-,14-;/m0./s1. The number of aromatic nitrogens is 3. The maximum atomic E-state index is 9.33. The van der Waals surface area contributed by atoms with Crippen LogP contribution in [-0.4, -0.2) is 38.8 Å². The second-order valence-corrected chi connectivity index (χ2v) is 7.21. The molecule has 0 saturated carbocycles. The Morgan fingerprint density at radius 3 is 2.92 bits per heavy atom. The van der Waals surface area contributed by atoms with Crippen LogP contribution in [0.15, 0.2) is 42.9 Å². The molecule has 2 aromatic heterocycles. The molecule has 4 rings (SSSR count). The van der Waals surface area contributed by atoms with Gasteiger partial charge in [0.25, 0.3) is 0 Å². The molecule has 0 radical (unpaired) electrons. The summed E-state index contributed by atoms with van der Waals surface area (Å²) in [7, 11) is 0. The molecule has 0 bridgehead atoms. The first-order valence-electron chi connectivity index (χ1n) is 8.15. The Kier molecular flexibility index (Phi) is 5.54. The summed E-state index contributed by atoms with van der Waals surface area (Å²) in [6.45, 7) is 3.15. The molecule has 25 heavy (non-hydrogen) atoms. The number of thiazole rings is 1. The van der Waals surface area contributed by atoms with Crippen molar-refractivity contribution in [1.29, 1.82) is 0 Å². The summed E-state index contributed by atoms with van der Waals surface area (Å²) in [5, 5.41) is 13.7. The first kappa shape index (κ1) is 18.1. The van der Waals surface area contributed by atoms with Crippen LogP contribution in [0, 0.1) is 6.92 Å². The zero-order valence-corrected chi connectivity index (χ0v) is 15.6. The highest BCUT2D eigenvalue weighted by Gasteiger charge is 2.26. The Balaban J connectivity index is 0.00000182. The van der Waals surface area contributed by atoms with Crippen LogP contribution in [0.1, 0.15) is 18.0 Å². The van der Waals surface area contributed by atoms with Gasteiger partial charge in [0, 0.05) is 42.8 Å². The van der Waals surface area contributed by atoms with Crippen LogP contribution in [-0.2, 0) is 0 Å². The Labute approximate surface area is 157 Å². The lowest BCUT2D eigenvalue weighted by atomic mass is 10.1. The summed E-state index contributed by atoms with van der Waals surface area (Å²) in [6, 6.07) is 8.81. The van der Waals surface area contributed by atoms with E-state index in [0.29, 0.717) is 6.04 Å². The van der Waals surface area contributed by atoms with Crippen molar-refractivity contribution in [3.8, 4) is 21.3 Å². The van der Waals surface area contributed by atoms with Crippen molar-refractivity contribution in [2.24, 2.45) is 0 Å². The predicted molar refractivity (Wildman–Crippen MR) is 103 cm³/mol. The van der Waals surface area contributed by atoms with Gasteiger partial charge in [-0.15, -0.1) is 23.7 Å². The Morgan fingerprint density at radius 2 is 2.16 bits per heavy atom. The Hall–Kier alpha value is -1.73. The van der Waals surface area contributed by atoms with Crippen molar-refractivity contribution < 1.29 is 5.11 Å². The SMILES string of the molecule is Cc1ccccc1-c1ncc(-c2nccn2[C@@H]2CN[C@H](CO)C2)s1.Cl. The first-order chi connectivity index (χ1) is 11.8. The maximum absolute atomic E-state index is 9.33. The molecule has 132 valence electrons. The summed E-state index contributed by atoms with van der Waals surface area (Å²) in [5.74, 6) is 0.956. The van der Waals surface area contributed by atoms with Gasteiger partial charge in [0.2, 0.25) is 0 Å². The molecule has 1 aromatic carbocycles. The number of aliphatic hydroxyl groups is 1. The number of hydrogen-bond donors (Lipinski definition) is 2. The minimum atomic E-state index is 0. The van der Waals surface area contributed by atoms with E-state index in [1.807, 2.05) is 30.7 Å². The van der Waals surface area contributed by atoms with Gasteiger partial charge in [-0.3, -0.25) is 0 Å². The predicted octanol–water partition coefficient (Wildman–Crippen LogP) is 3.30. The van der Waals surface area contributed by atoms with Crippen LogP contribution >= 0.6 is 23.7 Å². The van der Waals surface area contributed by atoms with E-state index in [0.717, 1.165) is 28.7 Å². The monoisotopic (exact) mass is 376 g/mol. The summed E-state index contributed by atoms with van der Waals surface area (Å²) >= 11 is 1.67. The van der Waals surface area contributed by atoms with Gasteiger partial charge >= 0.3 is 0 Å². The van der Waals surface area contributed by atoms with Crippen LogP contribution in [0.2, 0.25) is 0 Å². The zero-order valence-electron chi connectivity index (χ0n) is 13.9. The molecule has 2 N–H and O–H groups in total. The zero-order chi connectivity index (χ0) is 16.5. The van der Waals surface area contributed by atoms with E-state index in [9.17, 15) is 5.11 Å². The third kappa shape index (κ3) is 3.48. The first-order valence-corrected chi connectivity index (χ1v) is 8.97. The van der Waals surface area contributed by atoms with E-state index < -0.39 is 0 Å². The second-order valence-electron chi connectivity index (χ2n) is 6.18. The molecular weight excluding hydrogens is 356 g/mol. The van der Waals surface area contributed by atoms with Gasteiger partial charge < -0.3 is 15.0 Å². The highest BCUT2D eigenvalue weighted by Crippen LogP contribution is 2.34. The van der Waals surface area contributed by atoms with Gasteiger partial charge in [0.1, 0.15) is 5.01 Å². The average Bonchev–Trinajstić information content (AvgIpc) is 3.33. The van der Waals surface area contributed by atoms with E-state index in [-0.39, 0.29) is 25.1 Å². The van der Waals surface area contributed by atoms with E-state index in [4.69, 9.17) is 0 Å². The van der Waals surface area contributed by atoms with E-state index in [2.05, 4.69) is 38.9 Å². The van der Waals surface area contributed by atoms with Crippen molar-refractivity contribution in [2.45, 2.75) is 25.4 Å². The van der Waals surface area contributed by atoms with Gasteiger partial charge in [-0.1, -0.05) is 24.3 Å². The van der Waals surface area contributed by atoms with E-state index in [1.165, 1.54) is 11.1 Å². The molecule has 0 unspecified atom stereocenters. The molecule has 0 amide bonds. The molecule has 0 spiro atoms. The molecule has 5 nitrogen and oxygen atoms in total. The maximum Gasteiger partial charge on any atom is 0.151 e. The molecule has 3 heterocycles. The number of nitrogens with zero attached hydrogens (tertiary/aromatic N) is 3. The molecule has 1 aliphatic rings. The molecule has 3 aromatic rings. The van der Waals surface area contributed by atoms with Crippen molar-refractivity contribution in [2.75, 3.05) is 13.2 Å². The molecule has 7 heteroatoms. The quantitative estimate of drug-likeness (QED) is 0.733. The normalized spacial score (nSPS) is 19.8. The Bertz CT molecular complexity index is 847. The topological polar surface area (TPSA) is 63.0 Å². The van der Waals surface area contributed by atoms with Crippen molar-refractivity contribution in [3.05, 3.63) is 48.4 Å². The van der Waals surface area contributed by atoms with Crippen LogP contribution in [0.4, 0.5) is 0 Å². The number of benzene rings is 1. The number of nitrogens with one attached hydrogen (secondary N) is 1. The van der Waals surface area contributed by atoms with Crippen LogP contribution in [0.5, 0.6) is 0 Å². The minimum Gasteiger partial charge on any atom is -0.395 e. The number of imidazole rings is 1. The highest BCUT2D eigenvalue weighted by molar-refractivity contribution is 7.18. The van der Waals surface area contributed by atoms with E-state index >= 15 is 0 Å². The molecule has 1 fully saturated rings. The summed E-state index contributed by atoms with van der Waals surface area (Å²) in [4.78, 5) is 10.2. The fourth-order valence-electron chi connectivity index (χ4n) is 3.26. The number of halogens is 1. The van der Waals surface area contributed by atoms with Crippen molar-refractivity contribution in [1.82, 2.24) is 19.9 Å². The second kappa shape index (κ2) is 7.66. The van der Waals surface area contributed by atoms with Gasteiger partial charge in [-0.2, -0.15) is 0 Å². The molecule has 2 atom stereocenters. The molecule has 1 aliphatic heterocycles. The minimum absolute atomic E-state index is 0. The van der Waals surface area contributed by atoms with E-state index in [1.54, 1.807) is 11.3 Å². The number of rotatable bonds is 4. The third-order valence-corrected chi connectivity index (χ3v) is 5.61. The largest absolute Gasteiger partial charge is 0.395 e. The van der Waals surface area contributed by atoms with Crippen molar-refractivity contribution >= 4 is 23.7 Å². The fraction of sp³-hybridized carbons (Fsp3) is 0.333. The molecular formula is C18H21ClN4OS. The summed E-state index contributed by atoms with van der Waals surface area (Å²) < 4.78 is 2.21. The smallest absolute Gasteiger partial charge is 0.151 e. The summed E-state index contributed by atoms with van der Waals surface area (Å²) in [6.07, 6.45) is 6.70. The lowest BCUT2D eigenvalue weighted by Gasteiger charge is -2.13. The summed E-state index contributed by atoms with van der Waals surface area (Å²) in [5.41, 5.74) is 2.40. The lowest BCUT2D eigenvalue weighted by molar-refractivity contribution is 0.253. The number of aryl methyl sites for hydroxylation is 1. The fourth-order valence-corrected chi connectivity index (χ4v) is 4.27. The average molecular weight is 377 g/mol. The van der Waals surface area contributed by atoms with Gasteiger partial charge in [-0.05, 0) is 18.9 Å². The van der Waals surface area contributed by atoms with Gasteiger partial charge in [0.05, 0.1) is 11.5 Å². The van der Waals surface area contributed by atoms with Crippen LogP contribution < -0.4 is 5.32 Å². The van der Waals surface area contributed by atoms with Crippen LogP contribution in [0.3, 0.4) is 0 Å². The number of aliphatic hydroxyl groups excluding tert-OH is 1. The molecule has 1 saturated heterocycles. The highest BCUT2D eigenvalue weighted by atomic mass is 35.5. The van der Waals surface area contributed by atoms with Crippen LogP contribution in [0.25, 0.3) is 21.3 Å².